The summed E-state index contributed by atoms with van der Waals surface area (Å²) >= 11 is 0. The summed E-state index contributed by atoms with van der Waals surface area (Å²) in [7, 11) is 0. The summed E-state index contributed by atoms with van der Waals surface area (Å²) in [5.74, 6) is 0. The molecule has 0 aromatic carbocycles. The molecule has 7 heavy (non-hydrogen) atoms. The van der Waals surface area contributed by atoms with E-state index in [9.17, 15) is 0 Å². The molecule has 0 aliphatic carbocycles. The van der Waals surface area contributed by atoms with Crippen LogP contribution in [0.15, 0.2) is 24.5 Å². The Morgan fingerprint density at radius 1 is 1.00 bits per heavy atom. The Balaban J connectivity index is 0. The van der Waals surface area contributed by atoms with Gasteiger partial charge >= 0.3 is 0 Å². The summed E-state index contributed by atoms with van der Waals surface area (Å²) in [5, 5.41) is 0. The van der Waals surface area contributed by atoms with Crippen LogP contribution in [0.4, 0.5) is 0 Å². The fourth-order valence-corrected chi connectivity index (χ4v) is 0.278. The monoisotopic (exact) mass is 120 g/mol. The Morgan fingerprint density at radius 2 is 1.43 bits per heavy atom. The second-order valence-corrected chi connectivity index (χ2v) is 0.885. The van der Waals surface area contributed by atoms with Gasteiger partial charge in [-0.25, -0.2) is 0 Å². The molecule has 0 unspecified atom stereocenters. The number of hydrogen-bond acceptors (Lipinski definition) is 1. The molecule has 0 amide bonds. The van der Waals surface area contributed by atoms with E-state index in [0.29, 0.717) is 0 Å². The maximum atomic E-state index is 2.86. The van der Waals surface area contributed by atoms with Crippen LogP contribution in [0.3, 0.4) is 0 Å². The molecule has 0 radical (unpaired) electrons. The number of aromatic amines is 1. The van der Waals surface area contributed by atoms with Crippen LogP contribution in [0.25, 0.3) is 0 Å². The highest BCUT2D eigenvalue weighted by atomic mass is 35.5. The highest BCUT2D eigenvalue weighted by Crippen LogP contribution is 1.72. The molecule has 0 spiro atoms. The van der Waals surface area contributed by atoms with Gasteiger partial charge in [-0.3, -0.25) is 0 Å². The molecular weight excluding hydrogens is 112 g/mol. The standard InChI is InChI=1S/C4H5N.ClH.H3N/c1-2-4-5-3-1;;/h1-5H;1H;1H3. The molecule has 3 heteroatoms. The summed E-state index contributed by atoms with van der Waals surface area (Å²) in [6, 6.07) is 3.89. The third kappa shape index (κ3) is 3.36. The normalized spacial score (nSPS) is 5.71. The zero-order valence-corrected chi connectivity index (χ0v) is 4.74. The minimum atomic E-state index is 0. The van der Waals surface area contributed by atoms with Crippen molar-refractivity contribution in [2.75, 3.05) is 0 Å². The molecule has 0 aliphatic rings. The first kappa shape index (κ1) is 9.73. The molecule has 0 saturated heterocycles. The van der Waals surface area contributed by atoms with Crippen molar-refractivity contribution in [3.8, 4) is 0 Å². The van der Waals surface area contributed by atoms with Crippen molar-refractivity contribution >= 4 is 12.4 Å². The molecule has 1 heterocycles. The maximum Gasteiger partial charge on any atom is 0.000496 e. The zero-order chi connectivity index (χ0) is 3.54. The van der Waals surface area contributed by atoms with Gasteiger partial charge in [-0.1, -0.05) is 0 Å². The van der Waals surface area contributed by atoms with Gasteiger partial charge in [0.1, 0.15) is 0 Å². The van der Waals surface area contributed by atoms with Crippen LogP contribution >= 0.6 is 12.4 Å². The Kier molecular flexibility index (Phi) is 7.69. The van der Waals surface area contributed by atoms with Crippen molar-refractivity contribution < 1.29 is 0 Å². The quantitative estimate of drug-likeness (QED) is 0.537. The molecule has 0 fully saturated rings. The average Bonchev–Trinajstić information content (AvgIpc) is 1.76. The van der Waals surface area contributed by atoms with Crippen LogP contribution in [-0.4, -0.2) is 4.98 Å². The van der Waals surface area contributed by atoms with E-state index in [1.165, 1.54) is 0 Å². The van der Waals surface area contributed by atoms with E-state index in [2.05, 4.69) is 4.98 Å². The van der Waals surface area contributed by atoms with E-state index in [1.54, 1.807) is 0 Å². The zero-order valence-electron chi connectivity index (χ0n) is 3.92. The Bertz CT molecular complexity index is 66.2. The molecule has 2 nitrogen and oxygen atoms in total. The number of aromatic nitrogens is 1. The van der Waals surface area contributed by atoms with Crippen molar-refractivity contribution in [1.82, 2.24) is 11.1 Å². The fraction of sp³-hybridized carbons (Fsp3) is 0. The van der Waals surface area contributed by atoms with Crippen molar-refractivity contribution in [2.24, 2.45) is 0 Å². The minimum Gasteiger partial charge on any atom is -0.368 e. The number of nitrogens with one attached hydrogen (secondary N) is 1. The third-order valence-electron chi connectivity index (χ3n) is 0.496. The van der Waals surface area contributed by atoms with Gasteiger partial charge in [-0.15, -0.1) is 12.4 Å². The molecule has 4 N–H and O–H groups in total. The minimum absolute atomic E-state index is 0. The van der Waals surface area contributed by atoms with Gasteiger partial charge in [0.15, 0.2) is 0 Å². The number of halogens is 1. The molecule has 1 aromatic rings. The first-order chi connectivity index (χ1) is 2.50. The van der Waals surface area contributed by atoms with Crippen molar-refractivity contribution in [3.63, 3.8) is 0 Å². The van der Waals surface area contributed by atoms with Crippen molar-refractivity contribution in [1.29, 1.82) is 0 Å². The lowest BCUT2D eigenvalue weighted by atomic mass is 10.7. The van der Waals surface area contributed by atoms with Crippen LogP contribution in [0.2, 0.25) is 0 Å². The van der Waals surface area contributed by atoms with Gasteiger partial charge in [0.2, 0.25) is 0 Å². The topological polar surface area (TPSA) is 50.8 Å². The van der Waals surface area contributed by atoms with Gasteiger partial charge in [0, 0.05) is 12.4 Å². The number of hydrogen-bond donors (Lipinski definition) is 2. The lowest BCUT2D eigenvalue weighted by molar-refractivity contribution is 1.42. The van der Waals surface area contributed by atoms with Gasteiger partial charge in [-0.05, 0) is 12.1 Å². The number of rotatable bonds is 0. The fourth-order valence-electron chi connectivity index (χ4n) is 0.278. The highest BCUT2D eigenvalue weighted by Gasteiger charge is 1.55. The lowest BCUT2D eigenvalue weighted by Crippen LogP contribution is -1.38. The second kappa shape index (κ2) is 5.53. The molecule has 0 bridgehead atoms. The third-order valence-corrected chi connectivity index (χ3v) is 0.496. The SMILES string of the molecule is Cl.N.c1cc[nH]c1. The van der Waals surface area contributed by atoms with E-state index < -0.39 is 0 Å². The second-order valence-electron chi connectivity index (χ2n) is 0.885. The summed E-state index contributed by atoms with van der Waals surface area (Å²) < 4.78 is 0. The highest BCUT2D eigenvalue weighted by molar-refractivity contribution is 5.85. The molecule has 1 aromatic heterocycles. The predicted molar refractivity (Wildman–Crippen MR) is 33.1 cm³/mol. The van der Waals surface area contributed by atoms with E-state index >= 15 is 0 Å². The molecule has 1 rings (SSSR count). The van der Waals surface area contributed by atoms with Crippen LogP contribution in [0.5, 0.6) is 0 Å². The van der Waals surface area contributed by atoms with Crippen molar-refractivity contribution in [3.05, 3.63) is 24.5 Å². The summed E-state index contributed by atoms with van der Waals surface area (Å²) in [6.07, 6.45) is 3.75. The summed E-state index contributed by atoms with van der Waals surface area (Å²) in [6.45, 7) is 0. The lowest BCUT2D eigenvalue weighted by Gasteiger charge is -1.49. The predicted octanol–water partition coefficient (Wildman–Crippen LogP) is 1.60. The Labute approximate surface area is 48.9 Å². The first-order valence-corrected chi connectivity index (χ1v) is 1.58. The Hall–Kier alpha value is -0.470. The summed E-state index contributed by atoms with van der Waals surface area (Å²) in [4.78, 5) is 2.86. The van der Waals surface area contributed by atoms with Crippen molar-refractivity contribution in [2.45, 2.75) is 0 Å². The maximum absolute atomic E-state index is 2.86. The van der Waals surface area contributed by atoms with E-state index in [0.717, 1.165) is 0 Å². The van der Waals surface area contributed by atoms with E-state index in [1.807, 2.05) is 24.5 Å². The van der Waals surface area contributed by atoms with E-state index in [-0.39, 0.29) is 18.6 Å². The summed E-state index contributed by atoms with van der Waals surface area (Å²) in [5.41, 5.74) is 0. The van der Waals surface area contributed by atoms with Gasteiger partial charge in [0.25, 0.3) is 0 Å². The average molecular weight is 121 g/mol. The smallest absolute Gasteiger partial charge is 0.000496 e. The van der Waals surface area contributed by atoms with Crippen LogP contribution in [0, 0.1) is 0 Å². The molecule has 42 valence electrons. The molecule has 0 aliphatic heterocycles. The first-order valence-electron chi connectivity index (χ1n) is 1.58. The van der Waals surface area contributed by atoms with E-state index in [4.69, 9.17) is 0 Å². The molecule has 0 atom stereocenters. The molecular formula is C4H9ClN2. The van der Waals surface area contributed by atoms with Crippen LogP contribution in [0.1, 0.15) is 0 Å². The van der Waals surface area contributed by atoms with Crippen LogP contribution in [-0.2, 0) is 0 Å². The van der Waals surface area contributed by atoms with Crippen LogP contribution < -0.4 is 6.15 Å². The number of H-pyrrole nitrogens is 1. The molecule has 0 saturated carbocycles. The van der Waals surface area contributed by atoms with Gasteiger partial charge < -0.3 is 11.1 Å². The Morgan fingerprint density at radius 3 is 1.57 bits per heavy atom. The largest absolute Gasteiger partial charge is 0.368 e. The van der Waals surface area contributed by atoms with Gasteiger partial charge in [0.05, 0.1) is 0 Å². The van der Waals surface area contributed by atoms with Gasteiger partial charge in [-0.2, -0.15) is 0 Å².